The van der Waals surface area contributed by atoms with Crippen LogP contribution < -0.4 is 0 Å². The summed E-state index contributed by atoms with van der Waals surface area (Å²) in [6.45, 7) is 5.25. The number of aliphatic carboxylic acids is 1. The molecule has 1 unspecified atom stereocenters. The highest BCUT2D eigenvalue weighted by Crippen LogP contribution is 2.17. The second-order valence-electron chi connectivity index (χ2n) is 5.32. The predicted molar refractivity (Wildman–Crippen MR) is 82.2 cm³/mol. The molecule has 0 radical (unpaired) electrons. The highest BCUT2D eigenvalue weighted by atomic mass is 16.4. The van der Waals surface area contributed by atoms with Gasteiger partial charge in [-0.2, -0.15) is 5.10 Å². The number of aromatic nitrogens is 2. The number of rotatable bonds is 4. The molecule has 0 aliphatic carbocycles. The Kier molecular flexibility index (Phi) is 4.30. The first-order valence-electron chi connectivity index (χ1n) is 6.94. The molecule has 1 aromatic heterocycles. The van der Waals surface area contributed by atoms with Gasteiger partial charge in [0.25, 0.3) is 5.91 Å². The molecule has 0 saturated heterocycles. The average Bonchev–Trinajstić information content (AvgIpc) is 2.86. The Bertz CT molecular complexity index is 721. The number of carboxylic acid groups (broad SMARTS) is 1. The number of benzene rings is 1. The van der Waals surface area contributed by atoms with Crippen LogP contribution in [0.25, 0.3) is 5.69 Å². The number of aryl methyl sites for hydroxylation is 1. The van der Waals surface area contributed by atoms with E-state index in [1.165, 1.54) is 25.1 Å². The second-order valence-corrected chi connectivity index (χ2v) is 5.32. The summed E-state index contributed by atoms with van der Waals surface area (Å²) >= 11 is 0. The number of carboxylic acids is 1. The van der Waals surface area contributed by atoms with Crippen LogP contribution in [0.3, 0.4) is 0 Å². The van der Waals surface area contributed by atoms with Crippen molar-refractivity contribution in [3.05, 3.63) is 47.3 Å². The molecule has 22 heavy (non-hydrogen) atoms. The Morgan fingerprint density at radius 3 is 2.59 bits per heavy atom. The van der Waals surface area contributed by atoms with Crippen LogP contribution in [-0.2, 0) is 4.79 Å². The summed E-state index contributed by atoms with van der Waals surface area (Å²) in [7, 11) is 1.48. The summed E-state index contributed by atoms with van der Waals surface area (Å²) in [5, 5.41) is 13.3. The van der Waals surface area contributed by atoms with Gasteiger partial charge in [0.2, 0.25) is 0 Å². The zero-order chi connectivity index (χ0) is 16.4. The number of hydrogen-bond donors (Lipinski definition) is 1. The third kappa shape index (κ3) is 2.86. The van der Waals surface area contributed by atoms with Crippen molar-refractivity contribution >= 4 is 11.9 Å². The molecule has 2 aromatic rings. The maximum atomic E-state index is 12.4. The maximum Gasteiger partial charge on any atom is 0.326 e. The summed E-state index contributed by atoms with van der Waals surface area (Å²) in [5.41, 5.74) is 3.04. The number of carbonyl (C=O) groups is 2. The molecule has 1 N–H and O–H groups in total. The van der Waals surface area contributed by atoms with Crippen molar-refractivity contribution < 1.29 is 14.7 Å². The minimum atomic E-state index is -1.04. The van der Waals surface area contributed by atoms with E-state index in [9.17, 15) is 9.59 Å². The summed E-state index contributed by atoms with van der Waals surface area (Å²) < 4.78 is 1.68. The van der Waals surface area contributed by atoms with Crippen LogP contribution in [0.4, 0.5) is 0 Å². The highest BCUT2D eigenvalue weighted by Gasteiger charge is 2.25. The zero-order valence-corrected chi connectivity index (χ0v) is 13.1. The van der Waals surface area contributed by atoms with Gasteiger partial charge in [-0.3, -0.25) is 4.79 Å². The summed E-state index contributed by atoms with van der Waals surface area (Å²) in [5.74, 6) is -1.40. The van der Waals surface area contributed by atoms with Crippen molar-refractivity contribution in [1.82, 2.24) is 14.7 Å². The Labute approximate surface area is 129 Å². The first-order chi connectivity index (χ1) is 10.3. The van der Waals surface area contributed by atoms with Gasteiger partial charge < -0.3 is 10.0 Å². The maximum absolute atomic E-state index is 12.4. The molecule has 1 amide bonds. The molecule has 0 fully saturated rings. The number of hydrogen-bond acceptors (Lipinski definition) is 3. The van der Waals surface area contributed by atoms with Crippen molar-refractivity contribution in [3.63, 3.8) is 0 Å². The van der Waals surface area contributed by atoms with Gasteiger partial charge in [0, 0.05) is 7.05 Å². The fourth-order valence-electron chi connectivity index (χ4n) is 2.17. The van der Waals surface area contributed by atoms with Gasteiger partial charge in [0.15, 0.2) is 0 Å². The predicted octanol–water partition coefficient (Wildman–Crippen LogP) is 2.03. The highest BCUT2D eigenvalue weighted by molar-refractivity contribution is 5.97. The second kappa shape index (κ2) is 6.01. The standard InChI is InChI=1S/C16H19N3O3/c1-10-6-5-7-13(8-10)19-11(2)14(9-17-19)15(20)18(4)12(3)16(21)22/h5-9,12H,1-4H3,(H,21,22). The molecule has 116 valence electrons. The van der Waals surface area contributed by atoms with Crippen LogP contribution in [0.15, 0.2) is 30.5 Å². The van der Waals surface area contributed by atoms with Crippen LogP contribution in [0.5, 0.6) is 0 Å². The number of carbonyl (C=O) groups excluding carboxylic acids is 1. The van der Waals surface area contributed by atoms with Crippen LogP contribution >= 0.6 is 0 Å². The minimum absolute atomic E-state index is 0.355. The molecule has 2 rings (SSSR count). The lowest BCUT2D eigenvalue weighted by Gasteiger charge is -2.21. The third-order valence-corrected chi connectivity index (χ3v) is 3.75. The SMILES string of the molecule is Cc1cccc(-n2ncc(C(=O)N(C)C(C)C(=O)O)c2C)c1. The Morgan fingerprint density at radius 2 is 2.00 bits per heavy atom. The molecule has 0 aliphatic rings. The largest absolute Gasteiger partial charge is 0.480 e. The smallest absolute Gasteiger partial charge is 0.326 e. The average molecular weight is 301 g/mol. The lowest BCUT2D eigenvalue weighted by molar-refractivity contribution is -0.141. The summed E-state index contributed by atoms with van der Waals surface area (Å²) in [6.07, 6.45) is 1.48. The van der Waals surface area contributed by atoms with Crippen LogP contribution in [0.2, 0.25) is 0 Å². The van der Waals surface area contributed by atoms with Crippen molar-refractivity contribution in [3.8, 4) is 5.69 Å². The van der Waals surface area contributed by atoms with E-state index in [0.717, 1.165) is 11.3 Å². The van der Waals surface area contributed by atoms with E-state index in [4.69, 9.17) is 5.11 Å². The van der Waals surface area contributed by atoms with E-state index in [0.29, 0.717) is 11.3 Å². The normalized spacial score (nSPS) is 12.0. The molecule has 6 nitrogen and oxygen atoms in total. The molecule has 0 aliphatic heterocycles. The zero-order valence-electron chi connectivity index (χ0n) is 13.1. The number of nitrogens with zero attached hydrogens (tertiary/aromatic N) is 3. The van der Waals surface area contributed by atoms with Gasteiger partial charge in [0.1, 0.15) is 6.04 Å². The first-order valence-corrected chi connectivity index (χ1v) is 6.94. The third-order valence-electron chi connectivity index (χ3n) is 3.75. The van der Waals surface area contributed by atoms with E-state index in [1.807, 2.05) is 31.2 Å². The molecule has 0 spiro atoms. The molecule has 6 heteroatoms. The Morgan fingerprint density at radius 1 is 1.32 bits per heavy atom. The summed E-state index contributed by atoms with van der Waals surface area (Å²) in [6, 6.07) is 6.89. The number of amides is 1. The van der Waals surface area contributed by atoms with Gasteiger partial charge in [0.05, 0.1) is 23.1 Å². The van der Waals surface area contributed by atoms with Crippen LogP contribution in [-0.4, -0.2) is 44.8 Å². The Balaban J connectivity index is 2.35. The molecule has 1 aromatic carbocycles. The van der Waals surface area contributed by atoms with E-state index in [2.05, 4.69) is 5.10 Å². The first kappa shape index (κ1) is 15.8. The fraction of sp³-hybridized carbons (Fsp3) is 0.312. The van der Waals surface area contributed by atoms with Gasteiger partial charge in [-0.25, -0.2) is 9.48 Å². The van der Waals surface area contributed by atoms with Crippen molar-refractivity contribution in [2.45, 2.75) is 26.8 Å². The van der Waals surface area contributed by atoms with Gasteiger partial charge >= 0.3 is 5.97 Å². The van der Waals surface area contributed by atoms with Crippen molar-refractivity contribution in [2.24, 2.45) is 0 Å². The van der Waals surface area contributed by atoms with Gasteiger partial charge in [-0.05, 0) is 38.5 Å². The molecular weight excluding hydrogens is 282 g/mol. The van der Waals surface area contributed by atoms with Crippen LogP contribution in [0.1, 0.15) is 28.5 Å². The lowest BCUT2D eigenvalue weighted by atomic mass is 10.2. The molecule has 0 bridgehead atoms. The van der Waals surface area contributed by atoms with E-state index < -0.39 is 12.0 Å². The summed E-state index contributed by atoms with van der Waals surface area (Å²) in [4.78, 5) is 24.6. The lowest BCUT2D eigenvalue weighted by Crippen LogP contribution is -2.40. The molecular formula is C16H19N3O3. The molecule has 1 heterocycles. The van der Waals surface area contributed by atoms with Gasteiger partial charge in [-0.1, -0.05) is 12.1 Å². The molecule has 0 saturated carbocycles. The Hall–Kier alpha value is -2.63. The topological polar surface area (TPSA) is 75.4 Å². The van der Waals surface area contributed by atoms with Crippen LogP contribution in [0, 0.1) is 13.8 Å². The molecule has 1 atom stereocenters. The van der Waals surface area contributed by atoms with E-state index >= 15 is 0 Å². The van der Waals surface area contributed by atoms with Gasteiger partial charge in [-0.15, -0.1) is 0 Å². The van der Waals surface area contributed by atoms with E-state index in [-0.39, 0.29) is 5.91 Å². The van der Waals surface area contributed by atoms with E-state index in [1.54, 1.807) is 11.6 Å². The van der Waals surface area contributed by atoms with Crippen molar-refractivity contribution in [2.75, 3.05) is 7.05 Å². The quantitative estimate of drug-likeness (QED) is 0.937. The van der Waals surface area contributed by atoms with Crippen molar-refractivity contribution in [1.29, 1.82) is 0 Å². The monoisotopic (exact) mass is 301 g/mol. The fourth-order valence-corrected chi connectivity index (χ4v) is 2.17. The number of likely N-dealkylation sites (N-methyl/N-ethyl adjacent to an activating group) is 1. The minimum Gasteiger partial charge on any atom is -0.480 e.